The Bertz CT molecular complexity index is 315. The summed E-state index contributed by atoms with van der Waals surface area (Å²) in [5.74, 6) is -0.772. The van der Waals surface area contributed by atoms with Crippen molar-refractivity contribution < 1.29 is 18.5 Å². The first-order chi connectivity index (χ1) is 7.03. The summed E-state index contributed by atoms with van der Waals surface area (Å²) in [7, 11) is 5.14. The Kier molecular flexibility index (Phi) is 2.94. The summed E-state index contributed by atoms with van der Waals surface area (Å²) >= 11 is 0.775. The molecule has 0 bridgehead atoms. The van der Waals surface area contributed by atoms with Gasteiger partial charge in [-0.25, -0.2) is 0 Å². The van der Waals surface area contributed by atoms with Gasteiger partial charge in [-0.05, 0) is 25.5 Å². The van der Waals surface area contributed by atoms with Crippen LogP contribution >= 0.6 is 11.9 Å². The van der Waals surface area contributed by atoms with Gasteiger partial charge >= 0.3 is 0 Å². The summed E-state index contributed by atoms with van der Waals surface area (Å²) in [5, 5.41) is 0. The molecular weight excluding hydrogens is 215 g/mol. The molecule has 0 N–H and O–H groups in total. The van der Waals surface area contributed by atoms with E-state index in [1.165, 1.54) is 6.08 Å². The minimum atomic E-state index is -0.708. The van der Waals surface area contributed by atoms with Gasteiger partial charge in [-0.15, -0.1) is 0 Å². The summed E-state index contributed by atoms with van der Waals surface area (Å²) in [4.78, 5) is 11.5. The molecule has 80 valence electrons. The Labute approximate surface area is 93.8 Å². The zero-order chi connectivity index (χ0) is 11.1. The van der Waals surface area contributed by atoms with Crippen LogP contribution < -0.4 is 0 Å². The van der Waals surface area contributed by atoms with Gasteiger partial charge in [-0.3, -0.25) is 4.79 Å². The second kappa shape index (κ2) is 3.94. The van der Waals surface area contributed by atoms with E-state index in [-0.39, 0.29) is 18.5 Å². The molecule has 0 aromatic rings. The van der Waals surface area contributed by atoms with Crippen LogP contribution in [0.15, 0.2) is 11.6 Å². The highest BCUT2D eigenvalue weighted by Crippen LogP contribution is 2.36. The Morgan fingerprint density at radius 1 is 1.53 bits per heavy atom. The molecular formula is C9H11BO4S. The van der Waals surface area contributed by atoms with Gasteiger partial charge in [0.1, 0.15) is 6.10 Å². The Morgan fingerprint density at radius 2 is 2.20 bits per heavy atom. The highest BCUT2D eigenvalue weighted by atomic mass is 32.2. The van der Waals surface area contributed by atoms with Crippen LogP contribution in [-0.2, 0) is 18.5 Å². The molecule has 1 saturated heterocycles. The average molecular weight is 226 g/mol. The fourth-order valence-electron chi connectivity index (χ4n) is 1.81. The number of carbonyl (C=O) groups excluding carboxylic acids is 1. The molecule has 1 heterocycles. The monoisotopic (exact) mass is 226 g/mol. The van der Waals surface area contributed by atoms with Crippen molar-refractivity contribution in [1.82, 2.24) is 0 Å². The van der Waals surface area contributed by atoms with Crippen molar-refractivity contribution >= 4 is 24.8 Å². The van der Waals surface area contributed by atoms with Crippen molar-refractivity contribution in [3.63, 3.8) is 0 Å². The standard InChI is InChI=1S/C9H11BO4S/c1-9(2)13-7-5(4-12-15-10)3-6(11)8(7)14-9/h3,7-8H,4H2,1-2H3. The third-order valence-corrected chi connectivity index (χ3v) is 2.62. The molecule has 0 spiro atoms. The number of ether oxygens (including phenoxy) is 2. The molecule has 1 aliphatic carbocycles. The third kappa shape index (κ3) is 2.13. The van der Waals surface area contributed by atoms with Crippen molar-refractivity contribution in [1.29, 1.82) is 0 Å². The van der Waals surface area contributed by atoms with Gasteiger partial charge in [-0.1, -0.05) is 11.9 Å². The van der Waals surface area contributed by atoms with Gasteiger partial charge in [0.25, 0.3) is 0 Å². The fraction of sp³-hybridized carbons (Fsp3) is 0.667. The summed E-state index contributed by atoms with van der Waals surface area (Å²) < 4.78 is 16.1. The number of carbonyl (C=O) groups is 1. The Morgan fingerprint density at radius 3 is 2.87 bits per heavy atom. The van der Waals surface area contributed by atoms with Crippen LogP contribution in [0, 0.1) is 0 Å². The minimum Gasteiger partial charge on any atom is -0.340 e. The van der Waals surface area contributed by atoms with E-state index in [0.717, 1.165) is 17.5 Å². The predicted molar refractivity (Wildman–Crippen MR) is 56.2 cm³/mol. The second-order valence-electron chi connectivity index (χ2n) is 3.96. The average Bonchev–Trinajstić information content (AvgIpc) is 2.60. The van der Waals surface area contributed by atoms with Crippen LogP contribution in [0.5, 0.6) is 0 Å². The van der Waals surface area contributed by atoms with Crippen LogP contribution in [0.4, 0.5) is 0 Å². The maximum absolute atomic E-state index is 11.5. The van der Waals surface area contributed by atoms with Crippen LogP contribution in [0.2, 0.25) is 0 Å². The van der Waals surface area contributed by atoms with E-state index in [1.807, 2.05) is 0 Å². The number of ketones is 1. The molecule has 1 aliphatic heterocycles. The molecule has 0 aromatic carbocycles. The lowest BCUT2D eigenvalue weighted by molar-refractivity contribution is -0.153. The lowest BCUT2D eigenvalue weighted by atomic mass is 10.2. The maximum atomic E-state index is 11.5. The van der Waals surface area contributed by atoms with E-state index in [9.17, 15) is 4.79 Å². The van der Waals surface area contributed by atoms with Gasteiger partial charge in [0, 0.05) is 0 Å². The minimum absolute atomic E-state index is 0.0637. The molecule has 0 saturated carbocycles. The summed E-state index contributed by atoms with van der Waals surface area (Å²) in [5.41, 5.74) is 0.786. The number of hydrogen-bond acceptors (Lipinski definition) is 5. The molecule has 0 amide bonds. The molecule has 2 aliphatic rings. The highest BCUT2D eigenvalue weighted by molar-refractivity contribution is 8.15. The predicted octanol–water partition coefficient (Wildman–Crippen LogP) is 0.764. The number of rotatable bonds is 3. The topological polar surface area (TPSA) is 44.8 Å². The van der Waals surface area contributed by atoms with Gasteiger partial charge in [0.05, 0.1) is 6.61 Å². The highest BCUT2D eigenvalue weighted by Gasteiger charge is 2.49. The first kappa shape index (κ1) is 11.2. The molecule has 2 radical (unpaired) electrons. The van der Waals surface area contributed by atoms with Crippen molar-refractivity contribution in [3.8, 4) is 0 Å². The molecule has 2 atom stereocenters. The molecule has 2 rings (SSSR count). The maximum Gasteiger partial charge on any atom is 0.203 e. The first-order valence-electron chi connectivity index (χ1n) is 4.62. The largest absolute Gasteiger partial charge is 0.340 e. The summed E-state index contributed by atoms with van der Waals surface area (Å²) in [6, 6.07) is 0. The molecule has 15 heavy (non-hydrogen) atoms. The second-order valence-corrected chi connectivity index (χ2v) is 4.38. The lowest BCUT2D eigenvalue weighted by Crippen LogP contribution is -2.25. The molecule has 2 unspecified atom stereocenters. The quantitative estimate of drug-likeness (QED) is 0.525. The Balaban J connectivity index is 2.09. The van der Waals surface area contributed by atoms with Crippen molar-refractivity contribution in [2.75, 3.05) is 6.61 Å². The molecule has 6 heteroatoms. The molecule has 0 aromatic heterocycles. The smallest absolute Gasteiger partial charge is 0.203 e. The fourth-order valence-corrected chi connectivity index (χ4v) is 2.02. The molecule has 4 nitrogen and oxygen atoms in total. The van der Waals surface area contributed by atoms with E-state index < -0.39 is 11.9 Å². The first-order valence-corrected chi connectivity index (χ1v) is 5.42. The van der Waals surface area contributed by atoms with Gasteiger partial charge < -0.3 is 13.7 Å². The van der Waals surface area contributed by atoms with Crippen LogP contribution in [0.25, 0.3) is 0 Å². The molecule has 1 fully saturated rings. The zero-order valence-corrected chi connectivity index (χ0v) is 9.37. The van der Waals surface area contributed by atoms with Gasteiger partial charge in [0.2, 0.25) is 7.12 Å². The Hall–Kier alpha value is -0.295. The lowest BCUT2D eigenvalue weighted by Gasteiger charge is -2.18. The van der Waals surface area contributed by atoms with Crippen molar-refractivity contribution in [3.05, 3.63) is 11.6 Å². The summed E-state index contributed by atoms with van der Waals surface area (Å²) in [6.45, 7) is 3.86. The zero-order valence-electron chi connectivity index (χ0n) is 8.56. The number of fused-ring (bicyclic) bond motifs is 1. The third-order valence-electron chi connectivity index (χ3n) is 2.36. The van der Waals surface area contributed by atoms with E-state index in [4.69, 9.17) is 20.8 Å². The van der Waals surface area contributed by atoms with E-state index in [0.29, 0.717) is 0 Å². The van der Waals surface area contributed by atoms with E-state index >= 15 is 0 Å². The van der Waals surface area contributed by atoms with Crippen LogP contribution in [0.3, 0.4) is 0 Å². The van der Waals surface area contributed by atoms with E-state index in [2.05, 4.69) is 0 Å². The van der Waals surface area contributed by atoms with E-state index in [1.54, 1.807) is 13.8 Å². The van der Waals surface area contributed by atoms with Crippen molar-refractivity contribution in [2.24, 2.45) is 0 Å². The normalized spacial score (nSPS) is 32.9. The van der Waals surface area contributed by atoms with Crippen LogP contribution in [0.1, 0.15) is 13.8 Å². The number of hydrogen-bond donors (Lipinski definition) is 0. The van der Waals surface area contributed by atoms with Crippen molar-refractivity contribution in [2.45, 2.75) is 31.8 Å². The van der Waals surface area contributed by atoms with Gasteiger partial charge in [-0.2, -0.15) is 0 Å². The SMILES string of the molecule is [B]SOCC1=CC(=O)C2OC(C)(C)OC12. The summed E-state index contributed by atoms with van der Waals surface area (Å²) in [6.07, 6.45) is 0.682. The van der Waals surface area contributed by atoms with Gasteiger partial charge in [0.15, 0.2) is 17.7 Å². The van der Waals surface area contributed by atoms with Crippen LogP contribution in [-0.4, -0.2) is 37.5 Å².